The molecular formula is C27H27N3O3S2. The summed E-state index contributed by atoms with van der Waals surface area (Å²) in [5.41, 5.74) is 4.53. The van der Waals surface area contributed by atoms with Gasteiger partial charge in [0.2, 0.25) is 10.0 Å². The molecule has 1 amide bonds. The van der Waals surface area contributed by atoms with Crippen LogP contribution < -0.4 is 5.32 Å². The van der Waals surface area contributed by atoms with Gasteiger partial charge in [0.05, 0.1) is 10.6 Å². The Hall–Kier alpha value is -3.33. The highest BCUT2D eigenvalue weighted by molar-refractivity contribution is 7.89. The summed E-state index contributed by atoms with van der Waals surface area (Å²) < 4.78 is 25.7. The molecule has 0 unspecified atom stereocenters. The van der Waals surface area contributed by atoms with Crippen LogP contribution in [0.5, 0.6) is 0 Å². The zero-order valence-electron chi connectivity index (χ0n) is 19.9. The van der Waals surface area contributed by atoms with Crippen LogP contribution in [-0.2, 0) is 16.4 Å². The lowest BCUT2D eigenvalue weighted by molar-refractivity contribution is 0.102. The fraction of sp³-hybridized carbons (Fsp3) is 0.185. The number of benzene rings is 3. The molecule has 1 aromatic heterocycles. The van der Waals surface area contributed by atoms with Gasteiger partial charge in [0.25, 0.3) is 5.91 Å². The van der Waals surface area contributed by atoms with E-state index in [1.54, 1.807) is 0 Å². The summed E-state index contributed by atoms with van der Waals surface area (Å²) in [6.07, 6.45) is 1.83. The molecule has 0 aliphatic carbocycles. The Bertz CT molecular complexity index is 1410. The summed E-state index contributed by atoms with van der Waals surface area (Å²) in [6, 6.07) is 24.4. The summed E-state index contributed by atoms with van der Waals surface area (Å²) in [6.45, 7) is 2.11. The van der Waals surface area contributed by atoms with Gasteiger partial charge in [-0.3, -0.25) is 10.1 Å². The van der Waals surface area contributed by atoms with E-state index in [9.17, 15) is 13.2 Å². The first-order valence-electron chi connectivity index (χ1n) is 11.3. The number of carbonyl (C=O) groups excluding carboxylic acids is 1. The first kappa shape index (κ1) is 24.8. The third kappa shape index (κ3) is 5.51. The zero-order valence-corrected chi connectivity index (χ0v) is 21.5. The summed E-state index contributed by atoms with van der Waals surface area (Å²) >= 11 is 1.47. The van der Waals surface area contributed by atoms with E-state index in [0.717, 1.165) is 44.4 Å². The third-order valence-electron chi connectivity index (χ3n) is 5.56. The summed E-state index contributed by atoms with van der Waals surface area (Å²) in [4.78, 5) is 18.8. The monoisotopic (exact) mass is 505 g/mol. The van der Waals surface area contributed by atoms with Crippen molar-refractivity contribution >= 4 is 32.4 Å². The molecule has 180 valence electrons. The van der Waals surface area contributed by atoms with Crippen molar-refractivity contribution in [2.75, 3.05) is 19.4 Å². The number of nitrogens with one attached hydrogen (secondary N) is 1. The molecule has 0 atom stereocenters. The van der Waals surface area contributed by atoms with Gasteiger partial charge in [0, 0.05) is 30.1 Å². The lowest BCUT2D eigenvalue weighted by atomic mass is 10.0. The lowest BCUT2D eigenvalue weighted by Crippen LogP contribution is -2.22. The van der Waals surface area contributed by atoms with Gasteiger partial charge < -0.3 is 0 Å². The number of rotatable bonds is 8. The number of nitrogens with zero attached hydrogens (tertiary/aromatic N) is 2. The average molecular weight is 506 g/mol. The van der Waals surface area contributed by atoms with E-state index in [4.69, 9.17) is 4.98 Å². The maximum absolute atomic E-state index is 12.8. The minimum atomic E-state index is -3.55. The molecule has 4 rings (SSSR count). The maximum Gasteiger partial charge on any atom is 0.257 e. The van der Waals surface area contributed by atoms with Gasteiger partial charge in [0.15, 0.2) is 5.13 Å². The van der Waals surface area contributed by atoms with Gasteiger partial charge in [-0.25, -0.2) is 17.7 Å². The summed E-state index contributed by atoms with van der Waals surface area (Å²) in [5.74, 6) is -0.332. The standard InChI is InChI=1S/C27H27N3O3S2/c1-4-8-24-25(21-13-11-20(12-14-21)19-9-6-5-7-10-19)28-27(34-24)29-26(31)22-15-17-23(18-16-22)35(32,33)30(2)3/h5-7,9-18H,4,8H2,1-3H3,(H,28,29,31). The van der Waals surface area contributed by atoms with Gasteiger partial charge in [-0.15, -0.1) is 11.3 Å². The van der Waals surface area contributed by atoms with Crippen LogP contribution in [0.4, 0.5) is 5.13 Å². The van der Waals surface area contributed by atoms with Crippen molar-refractivity contribution in [3.8, 4) is 22.4 Å². The fourth-order valence-electron chi connectivity index (χ4n) is 3.64. The molecule has 0 fully saturated rings. The Kier molecular flexibility index (Phi) is 7.45. The lowest BCUT2D eigenvalue weighted by Gasteiger charge is -2.11. The van der Waals surface area contributed by atoms with Crippen molar-refractivity contribution in [1.82, 2.24) is 9.29 Å². The molecule has 6 nitrogen and oxygen atoms in total. The van der Waals surface area contributed by atoms with E-state index < -0.39 is 10.0 Å². The summed E-state index contributed by atoms with van der Waals surface area (Å²) in [7, 11) is -0.604. The van der Waals surface area contributed by atoms with E-state index in [2.05, 4.69) is 48.6 Å². The molecule has 1 N–H and O–H groups in total. The van der Waals surface area contributed by atoms with Crippen molar-refractivity contribution in [1.29, 1.82) is 0 Å². The van der Waals surface area contributed by atoms with Crippen LogP contribution in [0.3, 0.4) is 0 Å². The van der Waals surface area contributed by atoms with Crippen molar-refractivity contribution in [2.24, 2.45) is 0 Å². The number of sulfonamides is 1. The minimum Gasteiger partial charge on any atom is -0.298 e. The Morgan fingerprint density at radius 2 is 1.49 bits per heavy atom. The number of thiazole rings is 1. The van der Waals surface area contributed by atoms with Crippen molar-refractivity contribution < 1.29 is 13.2 Å². The van der Waals surface area contributed by atoms with Crippen LogP contribution in [-0.4, -0.2) is 37.7 Å². The number of anilines is 1. The van der Waals surface area contributed by atoms with E-state index in [-0.39, 0.29) is 10.8 Å². The zero-order chi connectivity index (χ0) is 25.0. The Morgan fingerprint density at radius 3 is 2.09 bits per heavy atom. The fourth-order valence-corrected chi connectivity index (χ4v) is 5.62. The van der Waals surface area contributed by atoms with Gasteiger partial charge in [-0.05, 0) is 41.8 Å². The van der Waals surface area contributed by atoms with Crippen LogP contribution in [0.1, 0.15) is 28.6 Å². The first-order valence-corrected chi connectivity index (χ1v) is 13.5. The number of carbonyl (C=O) groups is 1. The number of aryl methyl sites for hydroxylation is 1. The van der Waals surface area contributed by atoms with Gasteiger partial charge in [-0.2, -0.15) is 0 Å². The molecule has 0 aliphatic heterocycles. The highest BCUT2D eigenvalue weighted by Gasteiger charge is 2.19. The van der Waals surface area contributed by atoms with Gasteiger partial charge in [0.1, 0.15) is 0 Å². The van der Waals surface area contributed by atoms with Crippen molar-refractivity contribution in [2.45, 2.75) is 24.7 Å². The van der Waals surface area contributed by atoms with Crippen LogP contribution in [0.25, 0.3) is 22.4 Å². The van der Waals surface area contributed by atoms with Gasteiger partial charge in [-0.1, -0.05) is 67.9 Å². The van der Waals surface area contributed by atoms with Crippen LogP contribution in [0.2, 0.25) is 0 Å². The van der Waals surface area contributed by atoms with Gasteiger partial charge >= 0.3 is 0 Å². The van der Waals surface area contributed by atoms with Crippen LogP contribution >= 0.6 is 11.3 Å². The highest BCUT2D eigenvalue weighted by atomic mass is 32.2. The number of amides is 1. The second-order valence-electron chi connectivity index (χ2n) is 8.25. The van der Waals surface area contributed by atoms with E-state index in [0.29, 0.717) is 10.7 Å². The SMILES string of the molecule is CCCc1sc(NC(=O)c2ccc(S(=O)(=O)N(C)C)cc2)nc1-c1ccc(-c2ccccc2)cc1. The topological polar surface area (TPSA) is 79.4 Å². The Balaban J connectivity index is 1.55. The predicted molar refractivity (Wildman–Crippen MR) is 142 cm³/mol. The molecule has 0 spiro atoms. The summed E-state index contributed by atoms with van der Waals surface area (Å²) in [5, 5.41) is 3.39. The number of hydrogen-bond donors (Lipinski definition) is 1. The van der Waals surface area contributed by atoms with Crippen LogP contribution in [0, 0.1) is 0 Å². The molecule has 35 heavy (non-hydrogen) atoms. The van der Waals surface area contributed by atoms with Crippen molar-refractivity contribution in [3.05, 3.63) is 89.3 Å². The molecule has 4 aromatic rings. The van der Waals surface area contributed by atoms with E-state index >= 15 is 0 Å². The second-order valence-corrected chi connectivity index (χ2v) is 11.5. The minimum absolute atomic E-state index is 0.139. The molecule has 0 aliphatic rings. The number of hydrogen-bond acceptors (Lipinski definition) is 5. The maximum atomic E-state index is 12.8. The molecule has 0 bridgehead atoms. The van der Waals surface area contributed by atoms with Crippen LogP contribution in [0.15, 0.2) is 83.8 Å². The Labute approximate surface area is 210 Å². The van der Waals surface area contributed by atoms with Crippen molar-refractivity contribution in [3.63, 3.8) is 0 Å². The third-order valence-corrected chi connectivity index (χ3v) is 8.42. The predicted octanol–water partition coefficient (Wildman–Crippen LogP) is 5.93. The quantitative estimate of drug-likeness (QED) is 0.322. The molecular weight excluding hydrogens is 478 g/mol. The molecule has 1 heterocycles. The molecule has 0 saturated carbocycles. The van der Waals surface area contributed by atoms with E-state index in [1.807, 2.05) is 18.2 Å². The average Bonchev–Trinajstić information content (AvgIpc) is 3.27. The largest absolute Gasteiger partial charge is 0.298 e. The first-order chi connectivity index (χ1) is 16.8. The number of aromatic nitrogens is 1. The highest BCUT2D eigenvalue weighted by Crippen LogP contribution is 2.33. The molecule has 3 aromatic carbocycles. The van der Waals surface area contributed by atoms with E-state index in [1.165, 1.54) is 49.7 Å². The normalized spacial score (nSPS) is 11.5. The molecule has 0 radical (unpaired) electrons. The smallest absolute Gasteiger partial charge is 0.257 e. The molecule has 0 saturated heterocycles. The Morgan fingerprint density at radius 1 is 0.886 bits per heavy atom. The molecule has 8 heteroatoms. The second kappa shape index (κ2) is 10.5.